The Labute approximate surface area is 130 Å². The fraction of sp³-hybridized carbons (Fsp3) is 0.647. The molecule has 0 aliphatic carbocycles. The summed E-state index contributed by atoms with van der Waals surface area (Å²) in [6, 6.07) is 6.11. The number of nitrogens with one attached hydrogen (secondary N) is 1. The summed E-state index contributed by atoms with van der Waals surface area (Å²) in [5, 5.41) is 3.12. The van der Waals surface area contributed by atoms with Gasteiger partial charge >= 0.3 is 0 Å². The Bertz CT molecular complexity index is 552. The molecule has 4 heteroatoms. The molecule has 0 amide bonds. The molecule has 1 rings (SSSR count). The zero-order chi connectivity index (χ0) is 16.0. The second kappa shape index (κ2) is 7.95. The highest BCUT2D eigenvalue weighted by atomic mass is 32.2. The van der Waals surface area contributed by atoms with Crippen LogP contribution in [-0.4, -0.2) is 26.0 Å². The van der Waals surface area contributed by atoms with E-state index in [-0.39, 0.29) is 17.0 Å². The molecule has 3 nitrogen and oxygen atoms in total. The number of hydrogen-bond donors (Lipinski definition) is 1. The second-order valence-corrected chi connectivity index (χ2v) is 8.38. The Morgan fingerprint density at radius 2 is 1.86 bits per heavy atom. The van der Waals surface area contributed by atoms with Crippen molar-refractivity contribution in [3.63, 3.8) is 0 Å². The lowest BCUT2D eigenvalue weighted by Crippen LogP contribution is -2.33. The van der Waals surface area contributed by atoms with Gasteiger partial charge < -0.3 is 5.32 Å². The molecule has 2 atom stereocenters. The van der Waals surface area contributed by atoms with Crippen molar-refractivity contribution in [2.45, 2.75) is 58.8 Å². The molecule has 0 aliphatic rings. The van der Waals surface area contributed by atoms with Gasteiger partial charge in [0.1, 0.15) is 0 Å². The van der Waals surface area contributed by atoms with Crippen molar-refractivity contribution in [2.24, 2.45) is 0 Å². The molecule has 0 bridgehead atoms. The molecular formula is C17H29NO2S. The lowest BCUT2D eigenvalue weighted by atomic mass is 10.00. The number of aryl methyl sites for hydroxylation is 2. The summed E-state index contributed by atoms with van der Waals surface area (Å²) in [5.41, 5.74) is 3.46. The van der Waals surface area contributed by atoms with Crippen LogP contribution in [0.2, 0.25) is 0 Å². The van der Waals surface area contributed by atoms with Crippen LogP contribution in [0.25, 0.3) is 0 Å². The highest BCUT2D eigenvalue weighted by molar-refractivity contribution is 7.92. The number of rotatable bonds is 8. The van der Waals surface area contributed by atoms with E-state index in [1.54, 1.807) is 6.92 Å². The van der Waals surface area contributed by atoms with Gasteiger partial charge in [-0.3, -0.25) is 0 Å². The molecule has 0 aliphatic heterocycles. The van der Waals surface area contributed by atoms with Crippen LogP contribution in [-0.2, 0) is 9.84 Å². The minimum absolute atomic E-state index is 0.121. The van der Waals surface area contributed by atoms with Gasteiger partial charge in [0.2, 0.25) is 0 Å². The predicted octanol–water partition coefficient (Wildman–Crippen LogP) is 3.56. The van der Waals surface area contributed by atoms with Crippen LogP contribution in [0, 0.1) is 13.8 Å². The normalized spacial score (nSPS) is 14.9. The van der Waals surface area contributed by atoms with Crippen LogP contribution < -0.4 is 5.32 Å². The lowest BCUT2D eigenvalue weighted by Gasteiger charge is -2.23. The van der Waals surface area contributed by atoms with Gasteiger partial charge in [-0.05, 0) is 51.3 Å². The van der Waals surface area contributed by atoms with Crippen LogP contribution >= 0.6 is 0 Å². The third-order valence-electron chi connectivity index (χ3n) is 4.03. The van der Waals surface area contributed by atoms with E-state index in [2.05, 4.69) is 44.3 Å². The number of sulfone groups is 1. The molecule has 0 spiro atoms. The summed E-state index contributed by atoms with van der Waals surface area (Å²) < 4.78 is 24.9. The first-order chi connectivity index (χ1) is 9.81. The zero-order valence-corrected chi connectivity index (χ0v) is 14.8. The fourth-order valence-corrected chi connectivity index (χ4v) is 4.04. The Kier molecular flexibility index (Phi) is 6.88. The van der Waals surface area contributed by atoms with Crippen molar-refractivity contribution < 1.29 is 8.42 Å². The Morgan fingerprint density at radius 3 is 2.38 bits per heavy atom. The molecular weight excluding hydrogens is 282 g/mol. The number of benzene rings is 1. The van der Waals surface area contributed by atoms with E-state index in [1.807, 2.05) is 6.92 Å². The molecule has 0 radical (unpaired) electrons. The third kappa shape index (κ3) is 5.11. The SMILES string of the molecule is CCCNC(CS(=O)(=O)C(C)CC)c1ccc(C)cc1C. The van der Waals surface area contributed by atoms with E-state index in [0.717, 1.165) is 24.1 Å². The van der Waals surface area contributed by atoms with E-state index in [0.29, 0.717) is 6.42 Å². The Hall–Kier alpha value is -0.870. The lowest BCUT2D eigenvalue weighted by molar-refractivity contribution is 0.537. The summed E-state index contributed by atoms with van der Waals surface area (Å²) in [6.45, 7) is 10.8. The molecule has 0 saturated heterocycles. The first-order valence-electron chi connectivity index (χ1n) is 7.83. The molecule has 1 aromatic carbocycles. The van der Waals surface area contributed by atoms with E-state index in [9.17, 15) is 8.42 Å². The largest absolute Gasteiger partial charge is 0.309 e. The first kappa shape index (κ1) is 18.2. The van der Waals surface area contributed by atoms with E-state index in [1.165, 1.54) is 5.56 Å². The van der Waals surface area contributed by atoms with Crippen molar-refractivity contribution in [2.75, 3.05) is 12.3 Å². The van der Waals surface area contributed by atoms with Gasteiger partial charge in [0, 0.05) is 6.04 Å². The van der Waals surface area contributed by atoms with Crippen LogP contribution in [0.4, 0.5) is 0 Å². The Balaban J connectivity index is 3.06. The molecule has 120 valence electrons. The molecule has 21 heavy (non-hydrogen) atoms. The topological polar surface area (TPSA) is 46.2 Å². The highest BCUT2D eigenvalue weighted by Gasteiger charge is 2.25. The summed E-state index contributed by atoms with van der Waals surface area (Å²) in [7, 11) is -3.08. The van der Waals surface area contributed by atoms with Crippen molar-refractivity contribution in [3.8, 4) is 0 Å². The van der Waals surface area contributed by atoms with E-state index in [4.69, 9.17) is 0 Å². The number of hydrogen-bond acceptors (Lipinski definition) is 3. The molecule has 0 saturated carbocycles. The van der Waals surface area contributed by atoms with Gasteiger partial charge in [0.25, 0.3) is 0 Å². The van der Waals surface area contributed by atoms with Gasteiger partial charge in [0.15, 0.2) is 9.84 Å². The highest BCUT2D eigenvalue weighted by Crippen LogP contribution is 2.22. The summed E-state index contributed by atoms with van der Waals surface area (Å²) in [4.78, 5) is 0. The molecule has 0 fully saturated rings. The van der Waals surface area contributed by atoms with E-state index >= 15 is 0 Å². The summed E-state index contributed by atoms with van der Waals surface area (Å²) in [6.07, 6.45) is 1.65. The van der Waals surface area contributed by atoms with Gasteiger partial charge in [-0.25, -0.2) is 8.42 Å². The van der Waals surface area contributed by atoms with Gasteiger partial charge in [0.05, 0.1) is 11.0 Å². The molecule has 2 unspecified atom stereocenters. The maximum absolute atomic E-state index is 12.4. The van der Waals surface area contributed by atoms with Crippen LogP contribution in [0.1, 0.15) is 56.3 Å². The minimum atomic E-state index is -3.08. The van der Waals surface area contributed by atoms with Crippen molar-refractivity contribution in [3.05, 3.63) is 34.9 Å². The van der Waals surface area contributed by atoms with Gasteiger partial charge in [-0.15, -0.1) is 0 Å². The molecule has 1 N–H and O–H groups in total. The molecule has 1 aromatic rings. The summed E-state index contributed by atoms with van der Waals surface area (Å²) >= 11 is 0. The van der Waals surface area contributed by atoms with Gasteiger partial charge in [-0.1, -0.05) is 37.6 Å². The average Bonchev–Trinajstić information content (AvgIpc) is 2.42. The van der Waals surface area contributed by atoms with Crippen molar-refractivity contribution in [1.82, 2.24) is 5.32 Å². The van der Waals surface area contributed by atoms with Crippen LogP contribution in [0.5, 0.6) is 0 Å². The zero-order valence-electron chi connectivity index (χ0n) is 13.9. The van der Waals surface area contributed by atoms with Crippen LogP contribution in [0.15, 0.2) is 18.2 Å². The maximum Gasteiger partial charge on any atom is 0.154 e. The molecule has 0 heterocycles. The first-order valence-corrected chi connectivity index (χ1v) is 9.55. The van der Waals surface area contributed by atoms with Crippen LogP contribution in [0.3, 0.4) is 0 Å². The van der Waals surface area contributed by atoms with Crippen molar-refractivity contribution >= 4 is 9.84 Å². The third-order valence-corrected chi connectivity index (χ3v) is 6.39. The van der Waals surface area contributed by atoms with E-state index < -0.39 is 9.84 Å². The monoisotopic (exact) mass is 311 g/mol. The minimum Gasteiger partial charge on any atom is -0.309 e. The van der Waals surface area contributed by atoms with Gasteiger partial charge in [-0.2, -0.15) is 0 Å². The fourth-order valence-electron chi connectivity index (χ4n) is 2.44. The smallest absolute Gasteiger partial charge is 0.154 e. The average molecular weight is 311 g/mol. The second-order valence-electron chi connectivity index (χ2n) is 5.92. The maximum atomic E-state index is 12.4. The standard InChI is InChI=1S/C17H29NO2S/c1-6-10-18-17(12-21(19,20)15(5)7-2)16-9-8-13(3)11-14(16)4/h8-9,11,15,17-18H,6-7,10,12H2,1-5H3. The Morgan fingerprint density at radius 1 is 1.19 bits per heavy atom. The van der Waals surface area contributed by atoms with Crippen molar-refractivity contribution in [1.29, 1.82) is 0 Å². The molecule has 0 aromatic heterocycles. The summed E-state index contributed by atoms with van der Waals surface area (Å²) in [5.74, 6) is 0.173. The quantitative estimate of drug-likeness (QED) is 0.798. The predicted molar refractivity (Wildman–Crippen MR) is 90.5 cm³/mol.